The molecule has 2 fully saturated rings. The summed E-state index contributed by atoms with van der Waals surface area (Å²) in [5.41, 5.74) is 2.56. The minimum absolute atomic E-state index is 0.238. The van der Waals surface area contributed by atoms with Crippen LogP contribution < -0.4 is 0 Å². The molecule has 3 heterocycles. The molecular formula is C23H32N4O2S. The second kappa shape index (κ2) is 10.0. The zero-order chi connectivity index (χ0) is 20.9. The number of carbonyl (C=O) groups excluding carboxylic acids is 1. The number of thiazole rings is 1. The average molecular weight is 429 g/mol. The number of aromatic nitrogens is 1. The molecule has 7 heteroatoms. The first-order valence-electron chi connectivity index (χ1n) is 10.9. The molecule has 0 bridgehead atoms. The monoisotopic (exact) mass is 428 g/mol. The first kappa shape index (κ1) is 21.4. The van der Waals surface area contributed by atoms with E-state index in [1.165, 1.54) is 16.0 Å². The number of piperazine rings is 1. The highest BCUT2D eigenvalue weighted by atomic mass is 32.1. The Labute approximate surface area is 183 Å². The summed E-state index contributed by atoms with van der Waals surface area (Å²) in [5, 5.41) is 1.09. The van der Waals surface area contributed by atoms with E-state index in [1.54, 1.807) is 11.3 Å². The fourth-order valence-corrected chi connectivity index (χ4v) is 4.91. The Morgan fingerprint density at radius 2 is 1.70 bits per heavy atom. The number of rotatable bonds is 6. The van der Waals surface area contributed by atoms with Gasteiger partial charge < -0.3 is 9.64 Å². The third-order valence-electron chi connectivity index (χ3n) is 5.94. The van der Waals surface area contributed by atoms with E-state index in [1.807, 2.05) is 11.1 Å². The topological polar surface area (TPSA) is 48.9 Å². The van der Waals surface area contributed by atoms with Crippen molar-refractivity contribution >= 4 is 17.2 Å². The minimum Gasteiger partial charge on any atom is -0.378 e. The second-order valence-electron chi connectivity index (χ2n) is 8.45. The fraction of sp³-hybridized carbons (Fsp3) is 0.565. The summed E-state index contributed by atoms with van der Waals surface area (Å²) in [7, 11) is 0. The van der Waals surface area contributed by atoms with Crippen molar-refractivity contribution in [2.75, 3.05) is 59.0 Å². The Kier molecular flexibility index (Phi) is 7.15. The van der Waals surface area contributed by atoms with E-state index in [0.717, 1.165) is 50.8 Å². The summed E-state index contributed by atoms with van der Waals surface area (Å²) in [4.78, 5) is 25.1. The van der Waals surface area contributed by atoms with Crippen molar-refractivity contribution in [2.45, 2.75) is 26.3 Å². The van der Waals surface area contributed by atoms with Crippen LogP contribution in [-0.2, 0) is 16.1 Å². The van der Waals surface area contributed by atoms with Crippen molar-refractivity contribution in [1.29, 1.82) is 0 Å². The van der Waals surface area contributed by atoms with Crippen LogP contribution >= 0.6 is 11.3 Å². The largest absolute Gasteiger partial charge is 0.378 e. The van der Waals surface area contributed by atoms with Crippen LogP contribution in [0.15, 0.2) is 30.5 Å². The third-order valence-corrected chi connectivity index (χ3v) is 6.98. The molecule has 2 aliphatic rings. The predicted octanol–water partition coefficient (Wildman–Crippen LogP) is 2.91. The van der Waals surface area contributed by atoms with Crippen molar-refractivity contribution in [3.8, 4) is 10.6 Å². The van der Waals surface area contributed by atoms with Crippen molar-refractivity contribution in [1.82, 2.24) is 19.7 Å². The molecule has 0 spiro atoms. The van der Waals surface area contributed by atoms with Gasteiger partial charge >= 0.3 is 0 Å². The van der Waals surface area contributed by atoms with Gasteiger partial charge in [-0.3, -0.25) is 14.6 Å². The number of hydrogen-bond acceptors (Lipinski definition) is 6. The molecule has 1 amide bonds. The van der Waals surface area contributed by atoms with Gasteiger partial charge in [-0.15, -0.1) is 11.3 Å². The maximum Gasteiger partial charge on any atom is 0.236 e. The number of amides is 1. The molecular weight excluding hydrogens is 396 g/mol. The van der Waals surface area contributed by atoms with Crippen LogP contribution in [0, 0.1) is 0 Å². The Balaban J connectivity index is 1.25. The van der Waals surface area contributed by atoms with Gasteiger partial charge in [0.05, 0.1) is 19.8 Å². The maximum atomic E-state index is 12.4. The first-order chi connectivity index (χ1) is 14.6. The van der Waals surface area contributed by atoms with Crippen molar-refractivity contribution in [3.05, 3.63) is 40.9 Å². The molecule has 4 rings (SSSR count). The molecule has 2 aromatic rings. The lowest BCUT2D eigenvalue weighted by molar-refractivity contribution is -0.136. The molecule has 2 aliphatic heterocycles. The molecule has 6 nitrogen and oxygen atoms in total. The Hall–Kier alpha value is -1.80. The van der Waals surface area contributed by atoms with Gasteiger partial charge in [0.15, 0.2) is 0 Å². The zero-order valence-corrected chi connectivity index (χ0v) is 18.9. The molecule has 0 unspecified atom stereocenters. The molecule has 162 valence electrons. The van der Waals surface area contributed by atoms with Crippen LogP contribution in [0.3, 0.4) is 0 Å². The average Bonchev–Trinajstić information content (AvgIpc) is 3.24. The summed E-state index contributed by atoms with van der Waals surface area (Å²) >= 11 is 1.79. The predicted molar refractivity (Wildman–Crippen MR) is 121 cm³/mol. The number of nitrogens with zero attached hydrogens (tertiary/aromatic N) is 4. The van der Waals surface area contributed by atoms with Crippen LogP contribution in [0.25, 0.3) is 10.6 Å². The normalized spacial score (nSPS) is 18.8. The Bertz CT molecular complexity index is 822. The lowest BCUT2D eigenvalue weighted by Crippen LogP contribution is -2.51. The van der Waals surface area contributed by atoms with Crippen LogP contribution in [0.4, 0.5) is 0 Å². The quantitative estimate of drug-likeness (QED) is 0.708. The molecule has 1 aromatic heterocycles. The second-order valence-corrected chi connectivity index (χ2v) is 9.57. The SMILES string of the molecule is CC(C)c1ccc(-c2ncc(CN3CCN(CC(=O)N4CCOCC4)CC3)s2)cc1. The maximum absolute atomic E-state index is 12.4. The summed E-state index contributed by atoms with van der Waals surface area (Å²) < 4.78 is 5.34. The lowest BCUT2D eigenvalue weighted by Gasteiger charge is -2.35. The molecule has 0 N–H and O–H groups in total. The molecule has 1 aromatic carbocycles. The Morgan fingerprint density at radius 3 is 2.37 bits per heavy atom. The third kappa shape index (κ3) is 5.46. The van der Waals surface area contributed by atoms with Gasteiger partial charge in [0, 0.05) is 62.5 Å². The van der Waals surface area contributed by atoms with Crippen LogP contribution in [0.1, 0.15) is 30.2 Å². The van der Waals surface area contributed by atoms with Gasteiger partial charge in [-0.2, -0.15) is 0 Å². The van der Waals surface area contributed by atoms with Crippen LogP contribution in [0.2, 0.25) is 0 Å². The van der Waals surface area contributed by atoms with Gasteiger partial charge in [0.25, 0.3) is 0 Å². The van der Waals surface area contributed by atoms with Crippen LogP contribution in [0.5, 0.6) is 0 Å². The molecule has 0 radical (unpaired) electrons. The number of benzene rings is 1. The zero-order valence-electron chi connectivity index (χ0n) is 18.0. The number of ether oxygens (including phenoxy) is 1. The number of morpholine rings is 1. The van der Waals surface area contributed by atoms with Gasteiger partial charge in [-0.05, 0) is 11.5 Å². The van der Waals surface area contributed by atoms with Crippen molar-refractivity contribution < 1.29 is 9.53 Å². The number of hydrogen-bond donors (Lipinski definition) is 0. The molecule has 0 saturated carbocycles. The smallest absolute Gasteiger partial charge is 0.236 e. The summed E-state index contributed by atoms with van der Waals surface area (Å²) in [6, 6.07) is 8.78. The molecule has 0 aliphatic carbocycles. The van der Waals surface area contributed by atoms with E-state index in [9.17, 15) is 4.79 Å². The highest BCUT2D eigenvalue weighted by molar-refractivity contribution is 7.15. The van der Waals surface area contributed by atoms with E-state index in [-0.39, 0.29) is 5.91 Å². The van der Waals surface area contributed by atoms with E-state index >= 15 is 0 Å². The van der Waals surface area contributed by atoms with Crippen molar-refractivity contribution in [3.63, 3.8) is 0 Å². The van der Waals surface area contributed by atoms with E-state index in [4.69, 9.17) is 4.74 Å². The molecule has 2 saturated heterocycles. The minimum atomic E-state index is 0.238. The molecule has 30 heavy (non-hydrogen) atoms. The standard InChI is InChI=1S/C23H32N4O2S/c1-18(2)19-3-5-20(6-4-19)23-24-15-21(30-23)16-25-7-9-26(10-8-25)17-22(28)27-11-13-29-14-12-27/h3-6,15,18H,7-14,16-17H2,1-2H3. The fourth-order valence-electron chi connectivity index (χ4n) is 3.95. The van der Waals surface area contributed by atoms with Gasteiger partial charge in [0.2, 0.25) is 5.91 Å². The van der Waals surface area contributed by atoms with E-state index in [2.05, 4.69) is 52.9 Å². The van der Waals surface area contributed by atoms with Gasteiger partial charge in [-0.1, -0.05) is 38.1 Å². The van der Waals surface area contributed by atoms with Crippen LogP contribution in [-0.4, -0.2) is 84.6 Å². The lowest BCUT2D eigenvalue weighted by atomic mass is 10.0. The van der Waals surface area contributed by atoms with E-state index in [0.29, 0.717) is 25.7 Å². The van der Waals surface area contributed by atoms with Gasteiger partial charge in [-0.25, -0.2) is 4.98 Å². The summed E-state index contributed by atoms with van der Waals surface area (Å²) in [6.07, 6.45) is 2.02. The first-order valence-corrected chi connectivity index (χ1v) is 11.8. The summed E-state index contributed by atoms with van der Waals surface area (Å²) in [6.45, 7) is 12.6. The summed E-state index contributed by atoms with van der Waals surface area (Å²) in [5.74, 6) is 0.788. The highest BCUT2D eigenvalue weighted by Crippen LogP contribution is 2.27. The molecule has 0 atom stereocenters. The van der Waals surface area contributed by atoms with E-state index < -0.39 is 0 Å². The van der Waals surface area contributed by atoms with Crippen molar-refractivity contribution in [2.24, 2.45) is 0 Å². The number of carbonyl (C=O) groups is 1. The van der Waals surface area contributed by atoms with Gasteiger partial charge in [0.1, 0.15) is 5.01 Å². The highest BCUT2D eigenvalue weighted by Gasteiger charge is 2.23. The Morgan fingerprint density at radius 1 is 1.03 bits per heavy atom.